The molecule has 3 rings (SSSR count). The molecule has 25 heavy (non-hydrogen) atoms. The molecule has 126 valence electrons. The minimum absolute atomic E-state index is 0.226. The molecular weight excluding hydrogens is 326 g/mol. The van der Waals surface area contributed by atoms with E-state index in [9.17, 15) is 0 Å². The van der Waals surface area contributed by atoms with Gasteiger partial charge >= 0.3 is 0 Å². The molecule has 1 unspecified atom stereocenters. The summed E-state index contributed by atoms with van der Waals surface area (Å²) in [6.45, 7) is 6.48. The van der Waals surface area contributed by atoms with Crippen molar-refractivity contribution in [2.24, 2.45) is 10.1 Å². The molecule has 0 fully saturated rings. The highest BCUT2D eigenvalue weighted by Gasteiger charge is 2.07. The maximum Gasteiger partial charge on any atom is 0.206 e. The molecule has 1 aromatic heterocycles. The van der Waals surface area contributed by atoms with Gasteiger partial charge in [-0.1, -0.05) is 73.7 Å². The van der Waals surface area contributed by atoms with Gasteiger partial charge in [-0.05, 0) is 5.56 Å². The van der Waals surface area contributed by atoms with E-state index in [0.29, 0.717) is 6.54 Å². The van der Waals surface area contributed by atoms with Gasteiger partial charge in [0.2, 0.25) is 4.80 Å². The van der Waals surface area contributed by atoms with E-state index >= 15 is 0 Å². The molecule has 0 radical (unpaired) electrons. The zero-order chi connectivity index (χ0) is 17.5. The Morgan fingerprint density at radius 3 is 2.44 bits per heavy atom. The first-order valence-electron chi connectivity index (χ1n) is 8.26. The number of nitrogens with zero attached hydrogens (tertiary/aromatic N) is 3. The zero-order valence-corrected chi connectivity index (χ0v) is 15.1. The molecule has 0 bridgehead atoms. The molecule has 2 aromatic carbocycles. The molecule has 3 nitrogen and oxygen atoms in total. The van der Waals surface area contributed by atoms with Crippen LogP contribution in [0.1, 0.15) is 18.4 Å². The van der Waals surface area contributed by atoms with Gasteiger partial charge in [-0.15, -0.1) is 17.9 Å². The fourth-order valence-corrected chi connectivity index (χ4v) is 3.33. The Balaban J connectivity index is 1.99. The second kappa shape index (κ2) is 8.40. The summed E-state index contributed by atoms with van der Waals surface area (Å²) in [7, 11) is 0. The Bertz CT molecular complexity index is 905. The smallest absolute Gasteiger partial charge is 0.206 e. The highest BCUT2D eigenvalue weighted by Crippen LogP contribution is 2.20. The summed E-state index contributed by atoms with van der Waals surface area (Å²) in [5.74, 6) is 0.226. The fraction of sp³-hybridized carbons (Fsp3) is 0.143. The van der Waals surface area contributed by atoms with Crippen LogP contribution >= 0.6 is 11.3 Å². The van der Waals surface area contributed by atoms with Crippen LogP contribution in [0, 0.1) is 0 Å². The van der Waals surface area contributed by atoms with E-state index in [-0.39, 0.29) is 5.92 Å². The van der Waals surface area contributed by atoms with Crippen LogP contribution in [0.25, 0.3) is 11.3 Å². The standard InChI is InChI=1S/C21H21N3S/c1-3-14-22-21-24(20(16-25-21)19-12-8-5-9-13-19)23-15-17(2)18-10-6-4-7-11-18/h3-13,15-17H,1,14H2,2H3. The van der Waals surface area contributed by atoms with Crippen LogP contribution < -0.4 is 4.80 Å². The number of thiazole rings is 1. The van der Waals surface area contributed by atoms with Gasteiger partial charge in [-0.3, -0.25) is 4.99 Å². The van der Waals surface area contributed by atoms with Crippen molar-refractivity contribution in [2.45, 2.75) is 12.8 Å². The molecule has 3 aromatic rings. The lowest BCUT2D eigenvalue weighted by molar-refractivity contribution is 0.829. The molecule has 0 aliphatic carbocycles. The van der Waals surface area contributed by atoms with Gasteiger partial charge < -0.3 is 0 Å². The largest absolute Gasteiger partial charge is 0.253 e. The monoisotopic (exact) mass is 347 g/mol. The van der Waals surface area contributed by atoms with Crippen molar-refractivity contribution in [2.75, 3.05) is 6.54 Å². The van der Waals surface area contributed by atoms with Crippen molar-refractivity contribution in [3.8, 4) is 11.3 Å². The molecule has 0 aliphatic rings. The molecule has 0 saturated heterocycles. The molecule has 0 saturated carbocycles. The van der Waals surface area contributed by atoms with Crippen LogP contribution in [0.3, 0.4) is 0 Å². The summed E-state index contributed by atoms with van der Waals surface area (Å²) in [4.78, 5) is 5.44. The van der Waals surface area contributed by atoms with E-state index in [1.807, 2.05) is 35.2 Å². The van der Waals surface area contributed by atoms with Crippen molar-refractivity contribution >= 4 is 17.6 Å². The summed E-state index contributed by atoms with van der Waals surface area (Å²) >= 11 is 1.59. The summed E-state index contributed by atoms with van der Waals surface area (Å²) in [5.41, 5.74) is 3.42. The van der Waals surface area contributed by atoms with E-state index in [2.05, 4.69) is 60.3 Å². The lowest BCUT2D eigenvalue weighted by Gasteiger charge is -2.07. The van der Waals surface area contributed by atoms with Crippen LogP contribution in [0.5, 0.6) is 0 Å². The van der Waals surface area contributed by atoms with Crippen LogP contribution in [0.2, 0.25) is 0 Å². The minimum atomic E-state index is 0.226. The van der Waals surface area contributed by atoms with Gasteiger partial charge in [0.25, 0.3) is 0 Å². The highest BCUT2D eigenvalue weighted by atomic mass is 32.1. The Labute approximate surface area is 152 Å². The topological polar surface area (TPSA) is 29.6 Å². The van der Waals surface area contributed by atoms with Crippen molar-refractivity contribution in [3.05, 3.63) is 89.1 Å². The van der Waals surface area contributed by atoms with Crippen LogP contribution in [-0.2, 0) is 0 Å². The van der Waals surface area contributed by atoms with E-state index < -0.39 is 0 Å². The van der Waals surface area contributed by atoms with E-state index in [1.165, 1.54) is 5.56 Å². The Morgan fingerprint density at radius 1 is 1.08 bits per heavy atom. The maximum absolute atomic E-state index is 4.75. The Hall–Kier alpha value is -2.72. The fourth-order valence-electron chi connectivity index (χ4n) is 2.48. The molecule has 1 heterocycles. The summed E-state index contributed by atoms with van der Waals surface area (Å²) < 4.78 is 1.92. The summed E-state index contributed by atoms with van der Waals surface area (Å²) in [5, 5.41) is 6.84. The molecule has 0 spiro atoms. The van der Waals surface area contributed by atoms with Crippen molar-refractivity contribution < 1.29 is 0 Å². The third kappa shape index (κ3) is 4.22. The summed E-state index contributed by atoms with van der Waals surface area (Å²) in [6.07, 6.45) is 3.77. The number of benzene rings is 2. The third-order valence-corrected chi connectivity index (χ3v) is 4.70. The zero-order valence-electron chi connectivity index (χ0n) is 14.2. The second-order valence-electron chi connectivity index (χ2n) is 5.67. The van der Waals surface area contributed by atoms with Gasteiger partial charge in [-0.2, -0.15) is 5.10 Å². The lowest BCUT2D eigenvalue weighted by atomic mass is 10.0. The molecule has 0 N–H and O–H groups in total. The number of rotatable bonds is 6. The Morgan fingerprint density at radius 2 is 1.76 bits per heavy atom. The maximum atomic E-state index is 4.75. The number of hydrogen-bond acceptors (Lipinski definition) is 3. The molecular formula is C21H21N3S. The van der Waals surface area contributed by atoms with Gasteiger partial charge in [0, 0.05) is 23.1 Å². The van der Waals surface area contributed by atoms with E-state index in [1.54, 1.807) is 17.4 Å². The first-order chi connectivity index (χ1) is 12.3. The molecule has 1 atom stereocenters. The van der Waals surface area contributed by atoms with Crippen molar-refractivity contribution in [3.63, 3.8) is 0 Å². The van der Waals surface area contributed by atoms with Crippen LogP contribution in [-0.4, -0.2) is 17.4 Å². The van der Waals surface area contributed by atoms with Crippen LogP contribution in [0.4, 0.5) is 0 Å². The van der Waals surface area contributed by atoms with Gasteiger partial charge in [0.1, 0.15) is 0 Å². The third-order valence-electron chi connectivity index (χ3n) is 3.84. The first-order valence-corrected chi connectivity index (χ1v) is 9.14. The van der Waals surface area contributed by atoms with Crippen molar-refractivity contribution in [1.29, 1.82) is 0 Å². The lowest BCUT2D eigenvalue weighted by Crippen LogP contribution is -2.13. The van der Waals surface area contributed by atoms with E-state index in [4.69, 9.17) is 5.10 Å². The minimum Gasteiger partial charge on any atom is -0.253 e. The van der Waals surface area contributed by atoms with Crippen LogP contribution in [0.15, 0.2) is 88.8 Å². The number of aromatic nitrogens is 1. The normalized spacial score (nSPS) is 13.2. The predicted molar refractivity (Wildman–Crippen MR) is 107 cm³/mol. The summed E-state index contributed by atoms with van der Waals surface area (Å²) in [6, 6.07) is 20.6. The predicted octanol–water partition coefficient (Wildman–Crippen LogP) is 4.94. The highest BCUT2D eigenvalue weighted by molar-refractivity contribution is 7.07. The van der Waals surface area contributed by atoms with Gasteiger partial charge in [0.15, 0.2) is 0 Å². The van der Waals surface area contributed by atoms with E-state index in [0.717, 1.165) is 16.1 Å². The molecule has 0 aliphatic heterocycles. The van der Waals surface area contributed by atoms with Gasteiger partial charge in [-0.25, -0.2) is 4.68 Å². The first kappa shape index (κ1) is 17.1. The average Bonchev–Trinajstić information content (AvgIpc) is 3.08. The molecule has 0 amide bonds. The average molecular weight is 347 g/mol. The number of hydrogen-bond donors (Lipinski definition) is 0. The van der Waals surface area contributed by atoms with Crippen molar-refractivity contribution in [1.82, 2.24) is 4.68 Å². The van der Waals surface area contributed by atoms with Gasteiger partial charge in [0.05, 0.1) is 12.2 Å². The quantitative estimate of drug-likeness (QED) is 0.446. The SMILES string of the molecule is C=CCN=c1scc(-c2ccccc2)n1N=CC(C)c1ccccc1. The molecule has 4 heteroatoms. The Kier molecular flexibility index (Phi) is 5.75. The second-order valence-corrected chi connectivity index (χ2v) is 6.51.